The summed E-state index contributed by atoms with van der Waals surface area (Å²) in [4.78, 5) is 0. The molecular formula is C11H18O2. The van der Waals surface area contributed by atoms with Crippen LogP contribution in [0.3, 0.4) is 0 Å². The normalized spacial score (nSPS) is 42.5. The molecule has 2 bridgehead atoms. The Balaban J connectivity index is 2.03. The van der Waals surface area contributed by atoms with Crippen molar-refractivity contribution in [3.05, 3.63) is 12.7 Å². The zero-order valence-electron chi connectivity index (χ0n) is 8.29. The van der Waals surface area contributed by atoms with Crippen LogP contribution in [0, 0.1) is 0 Å². The predicted molar refractivity (Wildman–Crippen MR) is 51.7 cm³/mol. The highest BCUT2D eigenvalue weighted by atomic mass is 16.6. The van der Waals surface area contributed by atoms with Gasteiger partial charge < -0.3 is 9.47 Å². The van der Waals surface area contributed by atoms with Gasteiger partial charge in [0.05, 0.1) is 24.4 Å². The lowest BCUT2D eigenvalue weighted by molar-refractivity contribution is -0.0792. The molecule has 0 saturated carbocycles. The SMILES string of the molecule is C=CCO[C@@]1(CC)C[C@H]2CC[C@@H]1O2. The quantitative estimate of drug-likeness (QED) is 0.621. The van der Waals surface area contributed by atoms with Gasteiger partial charge in [-0.25, -0.2) is 0 Å². The Morgan fingerprint density at radius 1 is 1.62 bits per heavy atom. The first-order valence-corrected chi connectivity index (χ1v) is 5.21. The predicted octanol–water partition coefficient (Wildman–Crippen LogP) is 2.29. The zero-order chi connectivity index (χ0) is 9.31. The molecule has 2 aliphatic heterocycles. The molecule has 2 heteroatoms. The Labute approximate surface area is 79.9 Å². The van der Waals surface area contributed by atoms with Crippen molar-refractivity contribution in [2.75, 3.05) is 6.61 Å². The summed E-state index contributed by atoms with van der Waals surface area (Å²) >= 11 is 0. The fourth-order valence-electron chi connectivity index (χ4n) is 2.61. The molecule has 2 aliphatic rings. The molecule has 0 aromatic rings. The van der Waals surface area contributed by atoms with Crippen LogP contribution in [0.1, 0.15) is 32.6 Å². The third-order valence-electron chi connectivity index (χ3n) is 3.35. The highest BCUT2D eigenvalue weighted by Crippen LogP contribution is 2.45. The summed E-state index contributed by atoms with van der Waals surface area (Å²) in [5.74, 6) is 0. The summed E-state index contributed by atoms with van der Waals surface area (Å²) in [5, 5.41) is 0. The van der Waals surface area contributed by atoms with Crippen LogP contribution in [-0.2, 0) is 9.47 Å². The Bertz CT molecular complexity index is 202. The van der Waals surface area contributed by atoms with Crippen LogP contribution < -0.4 is 0 Å². The lowest BCUT2D eigenvalue weighted by Crippen LogP contribution is -2.42. The van der Waals surface area contributed by atoms with Crippen molar-refractivity contribution in [3.63, 3.8) is 0 Å². The van der Waals surface area contributed by atoms with Crippen molar-refractivity contribution in [1.29, 1.82) is 0 Å². The Kier molecular flexibility index (Phi) is 2.43. The smallest absolute Gasteiger partial charge is 0.0969 e. The van der Waals surface area contributed by atoms with Crippen molar-refractivity contribution >= 4 is 0 Å². The largest absolute Gasteiger partial charge is 0.372 e. The van der Waals surface area contributed by atoms with E-state index < -0.39 is 0 Å². The Morgan fingerprint density at radius 3 is 2.92 bits per heavy atom. The third kappa shape index (κ3) is 1.42. The minimum absolute atomic E-state index is 0.0110. The average Bonchev–Trinajstić information content (AvgIpc) is 2.74. The fourth-order valence-corrected chi connectivity index (χ4v) is 2.61. The maximum absolute atomic E-state index is 5.88. The maximum atomic E-state index is 5.88. The highest BCUT2D eigenvalue weighted by Gasteiger charge is 2.52. The first-order chi connectivity index (χ1) is 6.30. The van der Waals surface area contributed by atoms with Gasteiger partial charge in [0.25, 0.3) is 0 Å². The van der Waals surface area contributed by atoms with Crippen LogP contribution in [0.2, 0.25) is 0 Å². The monoisotopic (exact) mass is 182 g/mol. The van der Waals surface area contributed by atoms with Crippen molar-refractivity contribution in [1.82, 2.24) is 0 Å². The maximum Gasteiger partial charge on any atom is 0.0969 e. The van der Waals surface area contributed by atoms with Crippen LogP contribution in [-0.4, -0.2) is 24.4 Å². The first kappa shape index (κ1) is 9.22. The number of hydrogen-bond donors (Lipinski definition) is 0. The van der Waals surface area contributed by atoms with E-state index >= 15 is 0 Å². The molecule has 2 nitrogen and oxygen atoms in total. The Hall–Kier alpha value is -0.340. The third-order valence-corrected chi connectivity index (χ3v) is 3.35. The van der Waals surface area contributed by atoms with Gasteiger partial charge in [0, 0.05) is 6.42 Å². The number of rotatable bonds is 4. The van der Waals surface area contributed by atoms with Crippen LogP contribution in [0.25, 0.3) is 0 Å². The fraction of sp³-hybridized carbons (Fsp3) is 0.818. The van der Waals surface area contributed by atoms with Gasteiger partial charge in [-0.3, -0.25) is 0 Å². The van der Waals surface area contributed by atoms with E-state index in [9.17, 15) is 0 Å². The van der Waals surface area contributed by atoms with Gasteiger partial charge in [-0.2, -0.15) is 0 Å². The molecule has 0 aromatic heterocycles. The molecule has 2 heterocycles. The summed E-state index contributed by atoms with van der Waals surface area (Å²) < 4.78 is 11.7. The molecule has 13 heavy (non-hydrogen) atoms. The van der Waals surface area contributed by atoms with E-state index in [0.717, 1.165) is 12.8 Å². The first-order valence-electron chi connectivity index (χ1n) is 5.21. The molecule has 2 saturated heterocycles. The molecule has 0 aromatic carbocycles. The second kappa shape index (κ2) is 3.43. The molecule has 0 spiro atoms. The molecule has 74 valence electrons. The molecule has 0 unspecified atom stereocenters. The topological polar surface area (TPSA) is 18.5 Å². The Morgan fingerprint density at radius 2 is 2.46 bits per heavy atom. The van der Waals surface area contributed by atoms with Crippen molar-refractivity contribution in [2.24, 2.45) is 0 Å². The lowest BCUT2D eigenvalue weighted by atomic mass is 9.82. The molecule has 0 amide bonds. The lowest BCUT2D eigenvalue weighted by Gasteiger charge is -2.34. The molecule has 2 rings (SSSR count). The van der Waals surface area contributed by atoms with Crippen molar-refractivity contribution in [3.8, 4) is 0 Å². The second-order valence-electron chi connectivity index (χ2n) is 4.05. The van der Waals surface area contributed by atoms with E-state index in [1.54, 1.807) is 0 Å². The molecule has 0 radical (unpaired) electrons. The minimum atomic E-state index is 0.0110. The van der Waals surface area contributed by atoms with E-state index in [2.05, 4.69) is 13.5 Å². The number of hydrogen-bond acceptors (Lipinski definition) is 2. The van der Waals surface area contributed by atoms with E-state index in [1.807, 2.05) is 6.08 Å². The molecule has 0 N–H and O–H groups in total. The second-order valence-corrected chi connectivity index (χ2v) is 4.05. The van der Waals surface area contributed by atoms with Gasteiger partial charge in [0.2, 0.25) is 0 Å². The van der Waals surface area contributed by atoms with E-state index in [0.29, 0.717) is 18.8 Å². The van der Waals surface area contributed by atoms with E-state index in [-0.39, 0.29) is 5.60 Å². The van der Waals surface area contributed by atoms with Crippen LogP contribution in [0.15, 0.2) is 12.7 Å². The van der Waals surface area contributed by atoms with Crippen LogP contribution in [0.4, 0.5) is 0 Å². The highest BCUT2D eigenvalue weighted by molar-refractivity contribution is 5.02. The van der Waals surface area contributed by atoms with E-state index in [4.69, 9.17) is 9.47 Å². The molecule has 0 aliphatic carbocycles. The summed E-state index contributed by atoms with van der Waals surface area (Å²) in [6.45, 7) is 6.52. The van der Waals surface area contributed by atoms with Gasteiger partial charge in [-0.15, -0.1) is 6.58 Å². The standard InChI is InChI=1S/C11H18O2/c1-3-7-12-11(4-2)8-9-5-6-10(11)13-9/h3,9-10H,1,4-8H2,2H3/t9-,10+,11+/m1/s1. The number of fused-ring (bicyclic) bond motifs is 2. The molecular weight excluding hydrogens is 164 g/mol. The van der Waals surface area contributed by atoms with Gasteiger partial charge in [-0.1, -0.05) is 13.0 Å². The summed E-state index contributed by atoms with van der Waals surface area (Å²) in [7, 11) is 0. The number of ether oxygens (including phenoxy) is 2. The summed E-state index contributed by atoms with van der Waals surface area (Å²) in [6, 6.07) is 0. The van der Waals surface area contributed by atoms with E-state index in [1.165, 1.54) is 12.8 Å². The summed E-state index contributed by atoms with van der Waals surface area (Å²) in [6.07, 6.45) is 7.18. The van der Waals surface area contributed by atoms with Gasteiger partial charge in [0.15, 0.2) is 0 Å². The van der Waals surface area contributed by atoms with Crippen molar-refractivity contribution in [2.45, 2.75) is 50.4 Å². The minimum Gasteiger partial charge on any atom is -0.372 e. The van der Waals surface area contributed by atoms with Crippen molar-refractivity contribution < 1.29 is 9.47 Å². The molecule has 2 fully saturated rings. The van der Waals surface area contributed by atoms with Crippen LogP contribution >= 0.6 is 0 Å². The van der Waals surface area contributed by atoms with Crippen LogP contribution in [0.5, 0.6) is 0 Å². The summed E-state index contributed by atoms with van der Waals surface area (Å²) in [5.41, 5.74) is 0.0110. The van der Waals surface area contributed by atoms with Gasteiger partial charge >= 0.3 is 0 Å². The molecule has 3 atom stereocenters. The van der Waals surface area contributed by atoms with Gasteiger partial charge in [-0.05, 0) is 19.3 Å². The van der Waals surface area contributed by atoms with Gasteiger partial charge in [0.1, 0.15) is 0 Å². The zero-order valence-corrected chi connectivity index (χ0v) is 8.29. The average molecular weight is 182 g/mol.